The van der Waals surface area contributed by atoms with E-state index in [-0.39, 0.29) is 17.6 Å². The van der Waals surface area contributed by atoms with E-state index in [9.17, 15) is 9.59 Å². The second kappa shape index (κ2) is 5.34. The van der Waals surface area contributed by atoms with Crippen molar-refractivity contribution in [1.29, 1.82) is 0 Å². The lowest BCUT2D eigenvalue weighted by Crippen LogP contribution is -2.42. The monoisotopic (exact) mass is 281 g/mol. The maximum absolute atomic E-state index is 12.1. The molecule has 0 aromatic carbocycles. The molecule has 1 aliphatic rings. The number of hydrogen-bond donors (Lipinski definition) is 1. The van der Waals surface area contributed by atoms with Crippen molar-refractivity contribution in [2.45, 2.75) is 45.1 Å². The first-order valence-corrected chi connectivity index (χ1v) is 7.00. The molecule has 1 N–H and O–H groups in total. The molecule has 2 rings (SSSR count). The van der Waals surface area contributed by atoms with Gasteiger partial charge in [-0.25, -0.2) is 4.79 Å². The molecule has 112 valence electrons. The average Bonchev–Trinajstić information content (AvgIpc) is 2.68. The van der Waals surface area contributed by atoms with E-state index in [0.717, 1.165) is 18.5 Å². The number of aromatic nitrogens is 2. The first-order valence-electron chi connectivity index (χ1n) is 7.00. The zero-order chi connectivity index (χ0) is 14.9. The van der Waals surface area contributed by atoms with E-state index in [1.165, 1.54) is 4.68 Å². The highest BCUT2D eigenvalue weighted by atomic mass is 16.6. The van der Waals surface area contributed by atoms with Gasteiger partial charge in [0, 0.05) is 37.8 Å². The van der Waals surface area contributed by atoms with Gasteiger partial charge in [0.05, 0.1) is 0 Å². The molecule has 1 aromatic rings. The number of nitrogens with zero attached hydrogens (tertiary/aromatic N) is 2. The molecule has 20 heavy (non-hydrogen) atoms. The number of piperidine rings is 1. The molecule has 0 saturated carbocycles. The van der Waals surface area contributed by atoms with Gasteiger partial charge in [0.15, 0.2) is 0 Å². The Morgan fingerprint density at radius 1 is 1.45 bits per heavy atom. The van der Waals surface area contributed by atoms with Gasteiger partial charge in [-0.1, -0.05) is 0 Å². The molecule has 0 bridgehead atoms. The third kappa shape index (κ3) is 3.43. The van der Waals surface area contributed by atoms with Gasteiger partial charge < -0.3 is 9.64 Å². The number of hydrogen-bond acceptors (Lipinski definition) is 3. The van der Waals surface area contributed by atoms with Crippen molar-refractivity contribution in [3.8, 4) is 0 Å². The average molecular weight is 281 g/mol. The fraction of sp³-hybridized carbons (Fsp3) is 0.714. The molecule has 0 radical (unpaired) electrons. The zero-order valence-electron chi connectivity index (χ0n) is 12.6. The molecule has 1 aromatic heterocycles. The maximum atomic E-state index is 12.1. The minimum atomic E-state index is -0.481. The Hall–Kier alpha value is -1.72. The molecule has 0 aliphatic carbocycles. The van der Waals surface area contributed by atoms with E-state index in [1.54, 1.807) is 18.0 Å². The van der Waals surface area contributed by atoms with Gasteiger partial charge in [-0.15, -0.1) is 0 Å². The number of carbonyl (C=O) groups is 1. The first kappa shape index (κ1) is 14.7. The van der Waals surface area contributed by atoms with Gasteiger partial charge in [-0.2, -0.15) is 0 Å². The SMILES string of the molecule is Cn1[nH]c([C@@H]2CCCN(C(=O)OC(C)(C)C)C2)cc1=O. The van der Waals surface area contributed by atoms with Gasteiger partial charge in [0.1, 0.15) is 5.60 Å². The summed E-state index contributed by atoms with van der Waals surface area (Å²) in [6, 6.07) is 1.61. The summed E-state index contributed by atoms with van der Waals surface area (Å²) in [5.41, 5.74) is 0.366. The Balaban J connectivity index is 2.05. The van der Waals surface area contributed by atoms with Gasteiger partial charge in [-0.3, -0.25) is 14.6 Å². The van der Waals surface area contributed by atoms with Gasteiger partial charge >= 0.3 is 6.09 Å². The highest BCUT2D eigenvalue weighted by Crippen LogP contribution is 2.26. The smallest absolute Gasteiger partial charge is 0.410 e. The molecule has 0 spiro atoms. The van der Waals surface area contributed by atoms with Crippen LogP contribution in [0.25, 0.3) is 0 Å². The molecule has 6 heteroatoms. The minimum Gasteiger partial charge on any atom is -0.444 e. The van der Waals surface area contributed by atoms with Gasteiger partial charge in [-0.05, 0) is 33.6 Å². The van der Waals surface area contributed by atoms with Crippen LogP contribution >= 0.6 is 0 Å². The Morgan fingerprint density at radius 2 is 2.15 bits per heavy atom. The standard InChI is InChI=1S/C14H23N3O3/c1-14(2,3)20-13(19)17-7-5-6-10(9-17)11-8-12(18)16(4)15-11/h8,10,15H,5-7,9H2,1-4H3/t10-/m1/s1. The Labute approximate surface area is 118 Å². The van der Waals surface area contributed by atoms with Crippen LogP contribution in [0, 0.1) is 0 Å². The van der Waals surface area contributed by atoms with Crippen LogP contribution < -0.4 is 5.56 Å². The Bertz CT molecular complexity index is 539. The van der Waals surface area contributed by atoms with Crippen LogP contribution in [0.4, 0.5) is 4.79 Å². The van der Waals surface area contributed by atoms with Crippen molar-refractivity contribution in [1.82, 2.24) is 14.7 Å². The topological polar surface area (TPSA) is 67.3 Å². The van der Waals surface area contributed by atoms with Crippen molar-refractivity contribution < 1.29 is 9.53 Å². The largest absolute Gasteiger partial charge is 0.444 e. The summed E-state index contributed by atoms with van der Waals surface area (Å²) in [4.78, 5) is 25.3. The van der Waals surface area contributed by atoms with Crippen LogP contribution in [0.1, 0.15) is 45.2 Å². The maximum Gasteiger partial charge on any atom is 0.410 e. The number of aryl methyl sites for hydroxylation is 1. The summed E-state index contributed by atoms with van der Waals surface area (Å²) >= 11 is 0. The van der Waals surface area contributed by atoms with Gasteiger partial charge in [0.25, 0.3) is 5.56 Å². The summed E-state index contributed by atoms with van der Waals surface area (Å²) in [6.07, 6.45) is 1.61. The number of carbonyl (C=O) groups excluding carboxylic acids is 1. The second-order valence-electron chi connectivity index (χ2n) is 6.37. The van der Waals surface area contributed by atoms with Crippen molar-refractivity contribution >= 4 is 6.09 Å². The summed E-state index contributed by atoms with van der Waals surface area (Å²) in [7, 11) is 1.69. The number of H-pyrrole nitrogens is 1. The highest BCUT2D eigenvalue weighted by Gasteiger charge is 2.29. The third-order valence-electron chi connectivity index (χ3n) is 3.42. The molecule has 2 heterocycles. The van der Waals surface area contributed by atoms with E-state index in [2.05, 4.69) is 5.10 Å². The lowest BCUT2D eigenvalue weighted by molar-refractivity contribution is 0.0197. The molecule has 1 amide bonds. The predicted octanol–water partition coefficient (Wildman–Crippen LogP) is 1.83. The molecular weight excluding hydrogens is 258 g/mol. The van der Waals surface area contributed by atoms with E-state index >= 15 is 0 Å². The number of nitrogens with one attached hydrogen (secondary N) is 1. The number of ether oxygens (including phenoxy) is 1. The molecule has 1 saturated heterocycles. The van der Waals surface area contributed by atoms with E-state index in [1.807, 2.05) is 20.8 Å². The number of rotatable bonds is 1. The lowest BCUT2D eigenvalue weighted by Gasteiger charge is -2.33. The first-order chi connectivity index (χ1) is 9.26. The normalized spacial score (nSPS) is 20.0. The van der Waals surface area contributed by atoms with Crippen LogP contribution in [0.5, 0.6) is 0 Å². The summed E-state index contributed by atoms with van der Waals surface area (Å²) in [6.45, 7) is 6.89. The van der Waals surface area contributed by atoms with Crippen molar-refractivity contribution in [2.24, 2.45) is 7.05 Å². The van der Waals surface area contributed by atoms with Crippen molar-refractivity contribution in [3.05, 3.63) is 22.1 Å². The Morgan fingerprint density at radius 3 is 2.70 bits per heavy atom. The third-order valence-corrected chi connectivity index (χ3v) is 3.42. The van der Waals surface area contributed by atoms with Crippen LogP contribution in [0.15, 0.2) is 10.9 Å². The summed E-state index contributed by atoms with van der Waals surface area (Å²) in [5, 5.41) is 3.05. The molecular formula is C14H23N3O3. The van der Waals surface area contributed by atoms with Gasteiger partial charge in [0.2, 0.25) is 0 Å². The summed E-state index contributed by atoms with van der Waals surface area (Å²) in [5.74, 6) is 0.171. The van der Waals surface area contributed by atoms with Crippen LogP contribution in [0.2, 0.25) is 0 Å². The van der Waals surface area contributed by atoms with Crippen LogP contribution in [-0.2, 0) is 11.8 Å². The second-order valence-corrected chi connectivity index (χ2v) is 6.37. The fourth-order valence-corrected chi connectivity index (χ4v) is 2.44. The van der Waals surface area contributed by atoms with E-state index in [0.29, 0.717) is 13.1 Å². The molecule has 6 nitrogen and oxygen atoms in total. The van der Waals surface area contributed by atoms with Crippen LogP contribution in [-0.4, -0.2) is 39.5 Å². The van der Waals surface area contributed by atoms with E-state index in [4.69, 9.17) is 4.74 Å². The van der Waals surface area contributed by atoms with Crippen molar-refractivity contribution in [2.75, 3.05) is 13.1 Å². The van der Waals surface area contributed by atoms with Crippen molar-refractivity contribution in [3.63, 3.8) is 0 Å². The Kier molecular flexibility index (Phi) is 3.92. The lowest BCUT2D eigenvalue weighted by atomic mass is 9.95. The number of amides is 1. The molecule has 1 fully saturated rings. The van der Waals surface area contributed by atoms with Crippen LogP contribution in [0.3, 0.4) is 0 Å². The predicted molar refractivity (Wildman–Crippen MR) is 75.8 cm³/mol. The summed E-state index contributed by atoms with van der Waals surface area (Å²) < 4.78 is 6.86. The minimum absolute atomic E-state index is 0.0469. The quantitative estimate of drug-likeness (QED) is 0.854. The van der Waals surface area contributed by atoms with E-state index < -0.39 is 5.60 Å². The number of aromatic amines is 1. The zero-order valence-corrected chi connectivity index (χ0v) is 12.6. The fourth-order valence-electron chi connectivity index (χ4n) is 2.44. The number of likely N-dealkylation sites (tertiary alicyclic amines) is 1. The molecule has 1 aliphatic heterocycles. The molecule has 0 unspecified atom stereocenters. The highest BCUT2D eigenvalue weighted by molar-refractivity contribution is 5.68. The molecule has 1 atom stereocenters.